The molecule has 0 radical (unpaired) electrons. The van der Waals surface area contributed by atoms with E-state index in [0.29, 0.717) is 0 Å². The van der Waals surface area contributed by atoms with Gasteiger partial charge in [0.25, 0.3) is 0 Å². The Bertz CT molecular complexity index is 207. The molecule has 106 valence electrons. The van der Waals surface area contributed by atoms with Crippen molar-refractivity contribution in [2.45, 2.75) is 83.2 Å². The van der Waals surface area contributed by atoms with Crippen molar-refractivity contribution in [2.75, 3.05) is 19.6 Å². The fraction of sp³-hybridized carbons (Fsp3) is 1.00. The van der Waals surface area contributed by atoms with Gasteiger partial charge in [0, 0.05) is 18.6 Å². The van der Waals surface area contributed by atoms with Crippen LogP contribution in [-0.2, 0) is 0 Å². The Balaban J connectivity index is 1.61. The van der Waals surface area contributed by atoms with E-state index in [9.17, 15) is 0 Å². The van der Waals surface area contributed by atoms with Crippen molar-refractivity contribution in [1.82, 2.24) is 10.2 Å². The van der Waals surface area contributed by atoms with Gasteiger partial charge in [-0.1, -0.05) is 39.0 Å². The molecule has 18 heavy (non-hydrogen) atoms. The summed E-state index contributed by atoms with van der Waals surface area (Å²) in [6.07, 6.45) is 14.2. The lowest BCUT2D eigenvalue weighted by Crippen LogP contribution is -2.44. The van der Waals surface area contributed by atoms with Gasteiger partial charge in [0.1, 0.15) is 0 Å². The zero-order chi connectivity index (χ0) is 12.6. The summed E-state index contributed by atoms with van der Waals surface area (Å²) in [6.45, 7) is 6.22. The molecule has 1 saturated carbocycles. The number of unbranched alkanes of at least 4 members (excludes halogenated alkanes) is 4. The molecule has 0 spiro atoms. The highest BCUT2D eigenvalue weighted by atomic mass is 15.2. The first-order valence-corrected chi connectivity index (χ1v) is 8.37. The van der Waals surface area contributed by atoms with Crippen molar-refractivity contribution in [2.24, 2.45) is 0 Å². The van der Waals surface area contributed by atoms with Crippen LogP contribution in [0.3, 0.4) is 0 Å². The van der Waals surface area contributed by atoms with E-state index < -0.39 is 0 Å². The van der Waals surface area contributed by atoms with E-state index in [1.54, 1.807) is 0 Å². The monoisotopic (exact) mass is 252 g/mol. The van der Waals surface area contributed by atoms with Crippen LogP contribution >= 0.6 is 0 Å². The van der Waals surface area contributed by atoms with Crippen molar-refractivity contribution in [3.05, 3.63) is 0 Å². The highest BCUT2D eigenvalue weighted by Gasteiger charge is 2.30. The van der Waals surface area contributed by atoms with Crippen LogP contribution in [0.1, 0.15) is 71.1 Å². The van der Waals surface area contributed by atoms with Gasteiger partial charge >= 0.3 is 0 Å². The number of hydrogen-bond acceptors (Lipinski definition) is 2. The highest BCUT2D eigenvalue weighted by Crippen LogP contribution is 2.28. The van der Waals surface area contributed by atoms with E-state index in [4.69, 9.17) is 0 Å². The molecule has 1 atom stereocenters. The van der Waals surface area contributed by atoms with E-state index in [2.05, 4.69) is 17.1 Å². The van der Waals surface area contributed by atoms with Gasteiger partial charge in [-0.05, 0) is 45.2 Å². The molecule has 1 heterocycles. The lowest BCUT2D eigenvalue weighted by atomic mass is 10.0. The zero-order valence-electron chi connectivity index (χ0n) is 12.3. The van der Waals surface area contributed by atoms with Gasteiger partial charge in [-0.15, -0.1) is 0 Å². The molecular weight excluding hydrogens is 220 g/mol. The predicted octanol–water partition coefficient (Wildman–Crippen LogP) is 3.56. The van der Waals surface area contributed by atoms with Crippen LogP contribution in [0.15, 0.2) is 0 Å². The topological polar surface area (TPSA) is 15.3 Å². The average Bonchev–Trinajstić information content (AvgIpc) is 3.23. The molecule has 2 aliphatic rings. The largest absolute Gasteiger partial charge is 0.313 e. The summed E-state index contributed by atoms with van der Waals surface area (Å²) >= 11 is 0. The second-order valence-electron chi connectivity index (χ2n) is 6.29. The lowest BCUT2D eigenvalue weighted by molar-refractivity contribution is 0.211. The minimum absolute atomic E-state index is 0.787. The summed E-state index contributed by atoms with van der Waals surface area (Å²) in [5.74, 6) is 0. The number of hydrogen-bond donors (Lipinski definition) is 1. The van der Waals surface area contributed by atoms with E-state index in [1.807, 2.05) is 0 Å². The maximum atomic E-state index is 3.70. The molecule has 2 fully saturated rings. The number of rotatable bonds is 9. The maximum absolute atomic E-state index is 3.70. The molecule has 2 heteroatoms. The van der Waals surface area contributed by atoms with Gasteiger partial charge in [-0.2, -0.15) is 0 Å². The molecular formula is C16H32N2. The van der Waals surface area contributed by atoms with Crippen LogP contribution in [0.2, 0.25) is 0 Å². The standard InChI is InChI=1S/C16H32N2/c1-2-3-4-5-8-13-18(16-10-11-16)14-15-9-6-7-12-17-15/h15-17H,2-14H2,1H3. The van der Waals surface area contributed by atoms with Crippen molar-refractivity contribution in [3.8, 4) is 0 Å². The Morgan fingerprint density at radius 1 is 1.00 bits per heavy atom. The summed E-state index contributed by atoms with van der Waals surface area (Å²) in [5, 5.41) is 3.70. The second kappa shape index (κ2) is 8.16. The molecule has 1 aliphatic heterocycles. The molecule has 1 unspecified atom stereocenters. The predicted molar refractivity (Wildman–Crippen MR) is 79.0 cm³/mol. The van der Waals surface area contributed by atoms with Crippen LogP contribution < -0.4 is 5.32 Å². The van der Waals surface area contributed by atoms with Crippen molar-refractivity contribution >= 4 is 0 Å². The Kier molecular flexibility index (Phi) is 6.50. The van der Waals surface area contributed by atoms with Gasteiger partial charge in [-0.3, -0.25) is 4.90 Å². The normalized spacial score (nSPS) is 24.7. The van der Waals surface area contributed by atoms with E-state index in [1.165, 1.54) is 83.8 Å². The summed E-state index contributed by atoms with van der Waals surface area (Å²) in [7, 11) is 0. The van der Waals surface area contributed by atoms with Gasteiger partial charge in [0.05, 0.1) is 0 Å². The van der Waals surface area contributed by atoms with E-state index in [0.717, 1.165) is 12.1 Å². The Morgan fingerprint density at radius 3 is 2.50 bits per heavy atom. The quantitative estimate of drug-likeness (QED) is 0.631. The Morgan fingerprint density at radius 2 is 1.83 bits per heavy atom. The minimum Gasteiger partial charge on any atom is -0.313 e. The first-order valence-electron chi connectivity index (χ1n) is 8.37. The smallest absolute Gasteiger partial charge is 0.0195 e. The van der Waals surface area contributed by atoms with Crippen molar-refractivity contribution in [3.63, 3.8) is 0 Å². The van der Waals surface area contributed by atoms with Gasteiger partial charge < -0.3 is 5.32 Å². The summed E-state index contributed by atoms with van der Waals surface area (Å²) < 4.78 is 0. The molecule has 1 aliphatic carbocycles. The first kappa shape index (κ1) is 14.3. The SMILES string of the molecule is CCCCCCCN(CC1CCCCN1)C1CC1. The Labute approximate surface area is 114 Å². The molecule has 1 saturated heterocycles. The second-order valence-corrected chi connectivity index (χ2v) is 6.29. The van der Waals surface area contributed by atoms with E-state index >= 15 is 0 Å². The molecule has 1 N–H and O–H groups in total. The molecule has 2 nitrogen and oxygen atoms in total. The zero-order valence-corrected chi connectivity index (χ0v) is 12.3. The molecule has 0 aromatic carbocycles. The van der Waals surface area contributed by atoms with Crippen LogP contribution in [0.25, 0.3) is 0 Å². The molecule has 0 amide bonds. The summed E-state index contributed by atoms with van der Waals surface area (Å²) in [6, 6.07) is 1.73. The van der Waals surface area contributed by atoms with Crippen molar-refractivity contribution < 1.29 is 0 Å². The van der Waals surface area contributed by atoms with Crippen LogP contribution in [0.5, 0.6) is 0 Å². The summed E-state index contributed by atoms with van der Waals surface area (Å²) in [5.41, 5.74) is 0. The molecule has 2 rings (SSSR count). The molecule has 0 bridgehead atoms. The van der Waals surface area contributed by atoms with Gasteiger partial charge in [0.15, 0.2) is 0 Å². The van der Waals surface area contributed by atoms with Gasteiger partial charge in [-0.25, -0.2) is 0 Å². The third-order valence-electron chi connectivity index (χ3n) is 4.48. The van der Waals surface area contributed by atoms with Crippen LogP contribution in [0, 0.1) is 0 Å². The summed E-state index contributed by atoms with van der Waals surface area (Å²) in [4.78, 5) is 2.79. The Hall–Kier alpha value is -0.0800. The fourth-order valence-corrected chi connectivity index (χ4v) is 3.14. The fourth-order valence-electron chi connectivity index (χ4n) is 3.14. The minimum atomic E-state index is 0.787. The van der Waals surface area contributed by atoms with E-state index in [-0.39, 0.29) is 0 Å². The number of nitrogens with zero attached hydrogens (tertiary/aromatic N) is 1. The third-order valence-corrected chi connectivity index (χ3v) is 4.48. The lowest BCUT2D eigenvalue weighted by Gasteiger charge is -2.30. The maximum Gasteiger partial charge on any atom is 0.0195 e. The third kappa shape index (κ3) is 5.27. The van der Waals surface area contributed by atoms with Crippen LogP contribution in [-0.4, -0.2) is 36.6 Å². The first-order chi connectivity index (χ1) is 8.90. The van der Waals surface area contributed by atoms with Crippen LogP contribution in [0.4, 0.5) is 0 Å². The molecule has 0 aromatic rings. The number of nitrogens with one attached hydrogen (secondary N) is 1. The number of piperidine rings is 1. The molecule has 0 aromatic heterocycles. The highest BCUT2D eigenvalue weighted by molar-refractivity contribution is 4.87. The average molecular weight is 252 g/mol. The van der Waals surface area contributed by atoms with Crippen molar-refractivity contribution in [1.29, 1.82) is 0 Å². The van der Waals surface area contributed by atoms with Gasteiger partial charge in [0.2, 0.25) is 0 Å².